The highest BCUT2D eigenvalue weighted by atomic mass is 35.5. The van der Waals surface area contributed by atoms with Crippen LogP contribution in [0.1, 0.15) is 30.5 Å². The Kier molecular flexibility index (Phi) is 5.93. The highest BCUT2D eigenvalue weighted by molar-refractivity contribution is 6.30. The third-order valence-corrected chi connectivity index (χ3v) is 3.69. The average molecular weight is 349 g/mol. The van der Waals surface area contributed by atoms with Gasteiger partial charge in [0.1, 0.15) is 5.82 Å². The minimum absolute atomic E-state index is 0.0193. The molecule has 0 spiro atoms. The lowest BCUT2D eigenvalue weighted by Crippen LogP contribution is -2.29. The summed E-state index contributed by atoms with van der Waals surface area (Å²) in [6.45, 7) is 3.14. The van der Waals surface area contributed by atoms with Gasteiger partial charge in [0.15, 0.2) is 0 Å². The van der Waals surface area contributed by atoms with Crippen LogP contribution in [0.3, 0.4) is 0 Å². The van der Waals surface area contributed by atoms with Gasteiger partial charge in [-0.15, -0.1) is 0 Å². The van der Waals surface area contributed by atoms with Gasteiger partial charge in [-0.25, -0.2) is 4.39 Å². The molecule has 6 heteroatoms. The Morgan fingerprint density at radius 2 is 1.83 bits per heavy atom. The fraction of sp³-hybridized carbons (Fsp3) is 0.222. The van der Waals surface area contributed by atoms with Gasteiger partial charge in [-0.1, -0.05) is 29.8 Å². The molecule has 0 aliphatic carbocycles. The van der Waals surface area contributed by atoms with Gasteiger partial charge in [0.25, 0.3) is 0 Å². The first-order valence-electron chi connectivity index (χ1n) is 7.43. The lowest BCUT2D eigenvalue weighted by atomic mass is 10.0. The molecule has 0 saturated heterocycles. The summed E-state index contributed by atoms with van der Waals surface area (Å²) in [5.41, 5.74) is 1.63. The molecule has 0 unspecified atom stereocenters. The first-order chi connectivity index (χ1) is 11.3. The summed E-state index contributed by atoms with van der Waals surface area (Å²) in [6, 6.07) is 10.9. The molecule has 2 N–H and O–H groups in total. The van der Waals surface area contributed by atoms with Crippen molar-refractivity contribution in [2.45, 2.75) is 26.3 Å². The Morgan fingerprint density at radius 3 is 2.42 bits per heavy atom. The van der Waals surface area contributed by atoms with E-state index < -0.39 is 17.8 Å². The van der Waals surface area contributed by atoms with Crippen molar-refractivity contribution in [3.63, 3.8) is 0 Å². The number of carbonyl (C=O) groups excluding carboxylic acids is 2. The molecule has 1 atom stereocenters. The third kappa shape index (κ3) is 5.06. The van der Waals surface area contributed by atoms with Crippen LogP contribution in [0.5, 0.6) is 0 Å². The summed E-state index contributed by atoms with van der Waals surface area (Å²) in [7, 11) is 0. The number of halogens is 2. The standard InChI is InChI=1S/C18H18ClFN2O2/c1-11-3-8-16(15(20)9-11)22-18(24)10-17(21-12(2)23)13-4-6-14(19)7-5-13/h3-9,17H,10H2,1-2H3,(H,21,23)(H,22,24)/t17-/m0/s1. The number of rotatable bonds is 5. The molecule has 2 rings (SSSR count). The second-order valence-electron chi connectivity index (χ2n) is 5.54. The second kappa shape index (κ2) is 7.93. The second-order valence-corrected chi connectivity index (χ2v) is 5.98. The predicted molar refractivity (Wildman–Crippen MR) is 92.4 cm³/mol. The van der Waals surface area contributed by atoms with Gasteiger partial charge in [0.2, 0.25) is 11.8 Å². The van der Waals surface area contributed by atoms with Crippen molar-refractivity contribution in [3.05, 3.63) is 64.4 Å². The Hall–Kier alpha value is -2.40. The van der Waals surface area contributed by atoms with Crippen LogP contribution in [0.15, 0.2) is 42.5 Å². The summed E-state index contributed by atoms with van der Waals surface area (Å²) in [6.07, 6.45) is -0.0193. The number of aryl methyl sites for hydroxylation is 1. The monoisotopic (exact) mass is 348 g/mol. The summed E-state index contributed by atoms with van der Waals surface area (Å²) in [5, 5.41) is 5.81. The van der Waals surface area contributed by atoms with E-state index in [4.69, 9.17) is 11.6 Å². The lowest BCUT2D eigenvalue weighted by Gasteiger charge is -2.18. The molecule has 0 heterocycles. The number of nitrogens with one attached hydrogen (secondary N) is 2. The van der Waals surface area contributed by atoms with E-state index in [1.165, 1.54) is 19.1 Å². The number of amides is 2. The maximum atomic E-state index is 13.8. The summed E-state index contributed by atoms with van der Waals surface area (Å²) >= 11 is 5.86. The summed E-state index contributed by atoms with van der Waals surface area (Å²) < 4.78 is 13.8. The van der Waals surface area contributed by atoms with Gasteiger partial charge in [0, 0.05) is 11.9 Å². The quantitative estimate of drug-likeness (QED) is 0.858. The molecule has 0 saturated carbocycles. The van der Waals surface area contributed by atoms with E-state index in [1.54, 1.807) is 37.3 Å². The van der Waals surface area contributed by atoms with Crippen LogP contribution in [0, 0.1) is 12.7 Å². The molecule has 2 aromatic rings. The Balaban J connectivity index is 2.12. The Morgan fingerprint density at radius 1 is 1.17 bits per heavy atom. The number of hydrogen-bond donors (Lipinski definition) is 2. The molecule has 0 fully saturated rings. The highest BCUT2D eigenvalue weighted by Crippen LogP contribution is 2.21. The SMILES string of the molecule is CC(=O)N[C@@H](CC(=O)Nc1ccc(C)cc1F)c1ccc(Cl)cc1. The van der Waals surface area contributed by atoms with Crippen molar-refractivity contribution in [2.24, 2.45) is 0 Å². The number of hydrogen-bond acceptors (Lipinski definition) is 2. The van der Waals surface area contributed by atoms with Gasteiger partial charge in [-0.05, 0) is 42.3 Å². The van der Waals surface area contributed by atoms with Crippen molar-refractivity contribution in [1.82, 2.24) is 5.32 Å². The minimum atomic E-state index is -0.520. The zero-order valence-electron chi connectivity index (χ0n) is 13.4. The number of anilines is 1. The average Bonchev–Trinajstić information content (AvgIpc) is 2.50. The molecule has 0 aromatic heterocycles. The van der Waals surface area contributed by atoms with E-state index in [-0.39, 0.29) is 18.0 Å². The van der Waals surface area contributed by atoms with E-state index >= 15 is 0 Å². The third-order valence-electron chi connectivity index (χ3n) is 3.44. The van der Waals surface area contributed by atoms with Crippen molar-refractivity contribution < 1.29 is 14.0 Å². The maximum absolute atomic E-state index is 13.8. The highest BCUT2D eigenvalue weighted by Gasteiger charge is 2.18. The van der Waals surface area contributed by atoms with Crippen LogP contribution in [0.4, 0.5) is 10.1 Å². The summed E-state index contributed by atoms with van der Waals surface area (Å²) in [5.74, 6) is -1.15. The van der Waals surface area contributed by atoms with Crippen molar-refractivity contribution in [3.8, 4) is 0 Å². The van der Waals surface area contributed by atoms with Crippen molar-refractivity contribution >= 4 is 29.1 Å². The molecule has 0 aliphatic rings. The fourth-order valence-corrected chi connectivity index (χ4v) is 2.43. The molecule has 0 aliphatic heterocycles. The van der Waals surface area contributed by atoms with E-state index in [0.717, 1.165) is 11.1 Å². The van der Waals surface area contributed by atoms with E-state index in [9.17, 15) is 14.0 Å². The molecule has 2 amide bonds. The lowest BCUT2D eigenvalue weighted by molar-refractivity contribution is -0.120. The van der Waals surface area contributed by atoms with Crippen LogP contribution in [0.25, 0.3) is 0 Å². The van der Waals surface area contributed by atoms with Crippen LogP contribution < -0.4 is 10.6 Å². The van der Waals surface area contributed by atoms with E-state index in [2.05, 4.69) is 10.6 Å². The van der Waals surface area contributed by atoms with Gasteiger partial charge in [0.05, 0.1) is 18.2 Å². The van der Waals surface area contributed by atoms with Crippen LogP contribution in [-0.2, 0) is 9.59 Å². The van der Waals surface area contributed by atoms with Gasteiger partial charge >= 0.3 is 0 Å². The zero-order chi connectivity index (χ0) is 17.7. The van der Waals surface area contributed by atoms with Gasteiger partial charge in [-0.2, -0.15) is 0 Å². The van der Waals surface area contributed by atoms with Crippen LogP contribution in [0.2, 0.25) is 5.02 Å². The zero-order valence-corrected chi connectivity index (χ0v) is 14.2. The predicted octanol–water partition coefficient (Wildman–Crippen LogP) is 3.99. The molecule has 0 radical (unpaired) electrons. The smallest absolute Gasteiger partial charge is 0.226 e. The molecular formula is C18H18ClFN2O2. The Bertz CT molecular complexity index is 747. The summed E-state index contributed by atoms with van der Waals surface area (Å²) in [4.78, 5) is 23.6. The number of carbonyl (C=O) groups is 2. The van der Waals surface area contributed by atoms with Gasteiger partial charge in [-0.3, -0.25) is 9.59 Å². The Labute approximate surface area is 145 Å². The molecule has 0 bridgehead atoms. The molecular weight excluding hydrogens is 331 g/mol. The van der Waals surface area contributed by atoms with Gasteiger partial charge < -0.3 is 10.6 Å². The molecule has 126 valence electrons. The minimum Gasteiger partial charge on any atom is -0.349 e. The topological polar surface area (TPSA) is 58.2 Å². The van der Waals surface area contributed by atoms with Crippen LogP contribution >= 0.6 is 11.6 Å². The molecule has 24 heavy (non-hydrogen) atoms. The fourth-order valence-electron chi connectivity index (χ4n) is 2.30. The normalized spacial score (nSPS) is 11.7. The van der Waals surface area contributed by atoms with Crippen LogP contribution in [-0.4, -0.2) is 11.8 Å². The van der Waals surface area contributed by atoms with E-state index in [0.29, 0.717) is 5.02 Å². The first kappa shape index (κ1) is 17.9. The number of benzene rings is 2. The van der Waals surface area contributed by atoms with Crippen molar-refractivity contribution in [1.29, 1.82) is 0 Å². The largest absolute Gasteiger partial charge is 0.349 e. The molecule has 2 aromatic carbocycles. The maximum Gasteiger partial charge on any atom is 0.226 e. The molecule has 4 nitrogen and oxygen atoms in total. The van der Waals surface area contributed by atoms with E-state index in [1.807, 2.05) is 0 Å². The first-order valence-corrected chi connectivity index (χ1v) is 7.81. The van der Waals surface area contributed by atoms with Crippen molar-refractivity contribution in [2.75, 3.05) is 5.32 Å².